The van der Waals surface area contributed by atoms with Crippen molar-refractivity contribution in [2.45, 2.75) is 39.2 Å². The number of carbonyl (C=O) groups is 1. The van der Waals surface area contributed by atoms with E-state index in [1.54, 1.807) is 6.07 Å². The second-order valence-corrected chi connectivity index (χ2v) is 5.85. The van der Waals surface area contributed by atoms with Gasteiger partial charge >= 0.3 is 0 Å². The fraction of sp³-hybridized carbons (Fsp3) is 0.368. The van der Waals surface area contributed by atoms with Gasteiger partial charge in [-0.05, 0) is 36.7 Å². The summed E-state index contributed by atoms with van der Waals surface area (Å²) in [5.41, 5.74) is 6.28. The zero-order chi connectivity index (χ0) is 18.1. The summed E-state index contributed by atoms with van der Waals surface area (Å²) in [5, 5.41) is 3.31. The molecule has 0 bridgehead atoms. The number of ether oxygens (including phenoxy) is 1. The highest BCUT2D eigenvalue weighted by Crippen LogP contribution is 2.24. The lowest BCUT2D eigenvalue weighted by atomic mass is 10.2. The molecule has 1 aromatic carbocycles. The Kier molecular flexibility index (Phi) is 7.35. The lowest BCUT2D eigenvalue weighted by Gasteiger charge is -2.09. The van der Waals surface area contributed by atoms with Crippen molar-refractivity contribution in [1.29, 1.82) is 0 Å². The van der Waals surface area contributed by atoms with E-state index in [0.29, 0.717) is 6.54 Å². The van der Waals surface area contributed by atoms with Crippen molar-refractivity contribution >= 4 is 5.91 Å². The van der Waals surface area contributed by atoms with Crippen LogP contribution in [0.1, 0.15) is 48.5 Å². The number of nitrogens with one attached hydrogen (secondary N) is 1. The highest BCUT2D eigenvalue weighted by Gasteiger charge is 2.08. The number of primary amides is 1. The summed E-state index contributed by atoms with van der Waals surface area (Å²) in [6, 6.07) is 7.80. The fourth-order valence-corrected chi connectivity index (χ4v) is 2.35. The summed E-state index contributed by atoms with van der Waals surface area (Å²) in [7, 11) is 0. The number of nitrogens with zero attached hydrogens (tertiary/aromatic N) is 1. The van der Waals surface area contributed by atoms with Gasteiger partial charge in [0.2, 0.25) is 11.8 Å². The molecule has 0 saturated carbocycles. The average molecular weight is 345 g/mol. The highest BCUT2D eigenvalue weighted by molar-refractivity contribution is 5.92. The topological polar surface area (TPSA) is 77.2 Å². The number of nitrogens with two attached hydrogens (primary N) is 1. The Morgan fingerprint density at radius 2 is 2.08 bits per heavy atom. The standard InChI is InChI=1S/C19H24FN3O2/c1-2-3-4-5-10-22-12-14-6-8-17(16(20)11-14)25-18-9-7-15(13-23-18)19(21)24/h6-9,11,13,22H,2-5,10,12H2,1H3,(H2,21,24). The summed E-state index contributed by atoms with van der Waals surface area (Å²) < 4.78 is 19.6. The van der Waals surface area contributed by atoms with Crippen LogP contribution in [0.15, 0.2) is 36.5 Å². The van der Waals surface area contributed by atoms with Crippen molar-refractivity contribution in [1.82, 2.24) is 10.3 Å². The van der Waals surface area contributed by atoms with Gasteiger partial charge < -0.3 is 15.8 Å². The molecular weight excluding hydrogens is 321 g/mol. The van der Waals surface area contributed by atoms with E-state index in [1.807, 2.05) is 6.07 Å². The predicted molar refractivity (Wildman–Crippen MR) is 95.1 cm³/mol. The van der Waals surface area contributed by atoms with Gasteiger partial charge in [0.05, 0.1) is 5.56 Å². The first kappa shape index (κ1) is 18.9. The number of pyridine rings is 1. The van der Waals surface area contributed by atoms with Crippen LogP contribution in [-0.4, -0.2) is 17.4 Å². The summed E-state index contributed by atoms with van der Waals surface area (Å²) in [6.45, 7) is 3.73. The van der Waals surface area contributed by atoms with Gasteiger partial charge in [0.1, 0.15) is 0 Å². The van der Waals surface area contributed by atoms with Crippen LogP contribution in [0.3, 0.4) is 0 Å². The van der Waals surface area contributed by atoms with E-state index in [4.69, 9.17) is 10.5 Å². The Balaban J connectivity index is 1.87. The Morgan fingerprint density at radius 1 is 1.24 bits per heavy atom. The van der Waals surface area contributed by atoms with Crippen LogP contribution in [-0.2, 0) is 6.54 Å². The van der Waals surface area contributed by atoms with E-state index in [1.165, 1.54) is 43.7 Å². The second-order valence-electron chi connectivity index (χ2n) is 5.85. The molecule has 2 rings (SSSR count). The molecular formula is C19H24FN3O2. The maximum Gasteiger partial charge on any atom is 0.250 e. The molecule has 0 spiro atoms. The van der Waals surface area contributed by atoms with Crippen molar-refractivity contribution < 1.29 is 13.9 Å². The second kappa shape index (κ2) is 9.74. The first-order chi connectivity index (χ1) is 12.1. The average Bonchev–Trinajstić information content (AvgIpc) is 2.60. The minimum atomic E-state index is -0.572. The number of benzene rings is 1. The monoisotopic (exact) mass is 345 g/mol. The number of hydrogen-bond donors (Lipinski definition) is 2. The summed E-state index contributed by atoms with van der Waals surface area (Å²) in [4.78, 5) is 14.9. The zero-order valence-corrected chi connectivity index (χ0v) is 14.4. The number of amides is 1. The van der Waals surface area contributed by atoms with Crippen LogP contribution in [0, 0.1) is 5.82 Å². The maximum absolute atomic E-state index is 14.2. The van der Waals surface area contributed by atoms with E-state index < -0.39 is 11.7 Å². The van der Waals surface area contributed by atoms with Gasteiger partial charge in [-0.1, -0.05) is 32.3 Å². The number of carbonyl (C=O) groups excluding carboxylic acids is 1. The third kappa shape index (κ3) is 6.15. The number of halogens is 1. The molecule has 1 heterocycles. The van der Waals surface area contributed by atoms with Gasteiger partial charge in [-0.15, -0.1) is 0 Å². The van der Waals surface area contributed by atoms with Crippen LogP contribution >= 0.6 is 0 Å². The lowest BCUT2D eigenvalue weighted by Crippen LogP contribution is -2.14. The van der Waals surface area contributed by atoms with Gasteiger partial charge in [-0.3, -0.25) is 4.79 Å². The molecule has 25 heavy (non-hydrogen) atoms. The smallest absolute Gasteiger partial charge is 0.250 e. The van der Waals surface area contributed by atoms with Crippen LogP contribution in [0.4, 0.5) is 4.39 Å². The molecule has 0 atom stereocenters. The van der Waals surface area contributed by atoms with E-state index in [2.05, 4.69) is 17.2 Å². The minimum Gasteiger partial charge on any atom is -0.436 e. The quantitative estimate of drug-likeness (QED) is 0.642. The number of unbranched alkanes of at least 4 members (excludes halogenated alkanes) is 3. The Labute approximate surface area is 147 Å². The number of rotatable bonds is 10. The summed E-state index contributed by atoms with van der Waals surface area (Å²) in [6.07, 6.45) is 6.10. The molecule has 5 nitrogen and oxygen atoms in total. The van der Waals surface area contributed by atoms with E-state index in [9.17, 15) is 9.18 Å². The number of hydrogen-bond acceptors (Lipinski definition) is 4. The number of aromatic nitrogens is 1. The molecule has 0 saturated heterocycles. The molecule has 0 aliphatic heterocycles. The van der Waals surface area contributed by atoms with Gasteiger partial charge in [0.25, 0.3) is 0 Å². The molecule has 134 valence electrons. The van der Waals surface area contributed by atoms with E-state index >= 15 is 0 Å². The van der Waals surface area contributed by atoms with Gasteiger partial charge in [0, 0.05) is 18.8 Å². The third-order valence-electron chi connectivity index (χ3n) is 3.77. The van der Waals surface area contributed by atoms with Crippen LogP contribution < -0.4 is 15.8 Å². The van der Waals surface area contributed by atoms with E-state index in [-0.39, 0.29) is 17.2 Å². The molecule has 2 aromatic rings. The fourth-order valence-electron chi connectivity index (χ4n) is 2.35. The molecule has 3 N–H and O–H groups in total. The maximum atomic E-state index is 14.2. The van der Waals surface area contributed by atoms with Gasteiger partial charge in [0.15, 0.2) is 11.6 Å². The zero-order valence-electron chi connectivity index (χ0n) is 14.4. The Hall–Kier alpha value is -2.47. The first-order valence-corrected chi connectivity index (χ1v) is 8.53. The normalized spacial score (nSPS) is 10.6. The molecule has 0 aliphatic rings. The molecule has 0 aliphatic carbocycles. The summed E-state index contributed by atoms with van der Waals surface area (Å²) >= 11 is 0. The third-order valence-corrected chi connectivity index (χ3v) is 3.77. The van der Waals surface area contributed by atoms with E-state index in [0.717, 1.165) is 18.5 Å². The summed E-state index contributed by atoms with van der Waals surface area (Å²) in [5.74, 6) is -0.737. The predicted octanol–water partition coefficient (Wildman–Crippen LogP) is 3.78. The molecule has 1 aromatic heterocycles. The van der Waals surface area contributed by atoms with Crippen LogP contribution in [0.25, 0.3) is 0 Å². The SMILES string of the molecule is CCCCCCNCc1ccc(Oc2ccc(C(N)=O)cn2)c(F)c1. The van der Waals surface area contributed by atoms with Crippen molar-refractivity contribution in [3.05, 3.63) is 53.5 Å². The first-order valence-electron chi connectivity index (χ1n) is 8.53. The Bertz CT molecular complexity index is 690. The molecule has 6 heteroatoms. The molecule has 0 unspecified atom stereocenters. The highest BCUT2D eigenvalue weighted by atomic mass is 19.1. The van der Waals surface area contributed by atoms with Crippen molar-refractivity contribution in [3.8, 4) is 11.6 Å². The lowest BCUT2D eigenvalue weighted by molar-refractivity contribution is 0.1000. The molecule has 0 radical (unpaired) electrons. The van der Waals surface area contributed by atoms with Crippen LogP contribution in [0.2, 0.25) is 0 Å². The minimum absolute atomic E-state index is 0.0889. The van der Waals surface area contributed by atoms with Crippen molar-refractivity contribution in [3.63, 3.8) is 0 Å². The van der Waals surface area contributed by atoms with Crippen molar-refractivity contribution in [2.75, 3.05) is 6.54 Å². The van der Waals surface area contributed by atoms with Crippen molar-refractivity contribution in [2.24, 2.45) is 5.73 Å². The Morgan fingerprint density at radius 3 is 2.72 bits per heavy atom. The largest absolute Gasteiger partial charge is 0.436 e. The van der Waals surface area contributed by atoms with Crippen LogP contribution in [0.5, 0.6) is 11.6 Å². The molecule has 1 amide bonds. The van der Waals surface area contributed by atoms with Gasteiger partial charge in [-0.25, -0.2) is 9.37 Å². The molecule has 0 fully saturated rings. The van der Waals surface area contributed by atoms with Gasteiger partial charge in [-0.2, -0.15) is 0 Å².